The van der Waals surface area contributed by atoms with Gasteiger partial charge >= 0.3 is 0 Å². The number of nitriles is 1. The molecule has 0 saturated carbocycles. The van der Waals surface area contributed by atoms with E-state index in [9.17, 15) is 4.79 Å². The standard InChI is InChI=1S/C19H18N8O/c20-10-14-11-21-18(22-14)19(28)23-16-7-6-12(9-17-24-26-27-25-17)8-15(16)13-4-2-1-3-5-13/h4,6-8,11H,1-3,5,9H2,(H,21,22)(H,23,28)(H,24,25,26,27). The lowest BCUT2D eigenvalue weighted by molar-refractivity contribution is 0.101. The summed E-state index contributed by atoms with van der Waals surface area (Å²) >= 11 is 0. The lowest BCUT2D eigenvalue weighted by atomic mass is 9.91. The molecule has 0 aliphatic heterocycles. The van der Waals surface area contributed by atoms with E-state index in [0.717, 1.165) is 30.4 Å². The van der Waals surface area contributed by atoms with Crippen LogP contribution < -0.4 is 5.32 Å². The van der Waals surface area contributed by atoms with Crippen LogP contribution in [-0.2, 0) is 6.42 Å². The summed E-state index contributed by atoms with van der Waals surface area (Å²) in [6, 6.07) is 7.81. The predicted molar refractivity (Wildman–Crippen MR) is 101 cm³/mol. The molecule has 1 amide bonds. The highest BCUT2D eigenvalue weighted by atomic mass is 16.2. The number of aromatic amines is 2. The van der Waals surface area contributed by atoms with Gasteiger partial charge in [-0.2, -0.15) is 10.5 Å². The molecule has 0 atom stereocenters. The Morgan fingerprint density at radius 1 is 1.32 bits per heavy atom. The summed E-state index contributed by atoms with van der Waals surface area (Å²) in [4.78, 5) is 19.2. The Balaban J connectivity index is 1.64. The van der Waals surface area contributed by atoms with E-state index in [1.165, 1.54) is 18.2 Å². The van der Waals surface area contributed by atoms with E-state index in [1.807, 2.05) is 18.2 Å². The summed E-state index contributed by atoms with van der Waals surface area (Å²) in [5, 5.41) is 25.9. The molecule has 0 bridgehead atoms. The number of amides is 1. The number of hydrogen-bond acceptors (Lipinski definition) is 6. The van der Waals surface area contributed by atoms with Crippen LogP contribution >= 0.6 is 0 Å². The van der Waals surface area contributed by atoms with Crippen molar-refractivity contribution in [2.75, 3.05) is 5.32 Å². The van der Waals surface area contributed by atoms with Crippen molar-refractivity contribution in [3.8, 4) is 6.07 Å². The van der Waals surface area contributed by atoms with Gasteiger partial charge in [-0.1, -0.05) is 17.4 Å². The van der Waals surface area contributed by atoms with Crippen molar-refractivity contribution in [3.05, 3.63) is 58.9 Å². The molecule has 3 aromatic rings. The Labute approximate surface area is 160 Å². The van der Waals surface area contributed by atoms with Gasteiger partial charge in [0.1, 0.15) is 11.8 Å². The minimum absolute atomic E-state index is 0.107. The Morgan fingerprint density at radius 3 is 2.96 bits per heavy atom. The number of carbonyl (C=O) groups is 1. The molecule has 1 aromatic carbocycles. The molecule has 9 nitrogen and oxygen atoms in total. The number of hydrogen-bond donors (Lipinski definition) is 3. The van der Waals surface area contributed by atoms with Crippen LogP contribution in [0.5, 0.6) is 0 Å². The highest BCUT2D eigenvalue weighted by molar-refractivity contribution is 6.03. The summed E-state index contributed by atoms with van der Waals surface area (Å²) in [7, 11) is 0. The van der Waals surface area contributed by atoms with Gasteiger partial charge in [0.15, 0.2) is 11.6 Å². The van der Waals surface area contributed by atoms with Gasteiger partial charge < -0.3 is 10.3 Å². The van der Waals surface area contributed by atoms with Gasteiger partial charge in [-0.15, -0.1) is 10.2 Å². The van der Waals surface area contributed by atoms with E-state index < -0.39 is 0 Å². The number of H-pyrrole nitrogens is 2. The first-order chi connectivity index (χ1) is 13.7. The number of nitrogens with one attached hydrogen (secondary N) is 3. The number of nitrogens with zero attached hydrogens (tertiary/aromatic N) is 5. The van der Waals surface area contributed by atoms with E-state index in [4.69, 9.17) is 5.26 Å². The molecule has 0 spiro atoms. The van der Waals surface area contributed by atoms with Gasteiger partial charge in [-0.25, -0.2) is 4.98 Å². The Kier molecular flexibility index (Phi) is 4.93. The molecule has 140 valence electrons. The van der Waals surface area contributed by atoms with E-state index >= 15 is 0 Å². The maximum Gasteiger partial charge on any atom is 0.291 e. The van der Waals surface area contributed by atoms with Gasteiger partial charge in [0, 0.05) is 17.7 Å². The van der Waals surface area contributed by atoms with Crippen LogP contribution in [0.4, 0.5) is 5.69 Å². The van der Waals surface area contributed by atoms with Crippen LogP contribution in [0, 0.1) is 11.3 Å². The quantitative estimate of drug-likeness (QED) is 0.628. The Bertz CT molecular complexity index is 1060. The lowest BCUT2D eigenvalue weighted by Gasteiger charge is -2.18. The minimum Gasteiger partial charge on any atom is -0.326 e. The van der Waals surface area contributed by atoms with Crippen LogP contribution in [0.3, 0.4) is 0 Å². The van der Waals surface area contributed by atoms with Crippen LogP contribution in [0.25, 0.3) is 5.57 Å². The van der Waals surface area contributed by atoms with Crippen molar-refractivity contribution in [3.63, 3.8) is 0 Å². The second-order valence-electron chi connectivity index (χ2n) is 6.57. The van der Waals surface area contributed by atoms with Crippen LogP contribution in [0.15, 0.2) is 30.5 Å². The summed E-state index contributed by atoms with van der Waals surface area (Å²) in [5.41, 5.74) is 4.20. The van der Waals surface area contributed by atoms with Gasteiger partial charge in [0.2, 0.25) is 0 Å². The zero-order valence-corrected chi connectivity index (χ0v) is 15.1. The van der Waals surface area contributed by atoms with Crippen molar-refractivity contribution in [2.45, 2.75) is 32.1 Å². The summed E-state index contributed by atoms with van der Waals surface area (Å²) in [6.07, 6.45) is 8.42. The third-order valence-electron chi connectivity index (χ3n) is 4.63. The first kappa shape index (κ1) is 17.6. The van der Waals surface area contributed by atoms with E-state index in [0.29, 0.717) is 17.9 Å². The zero-order chi connectivity index (χ0) is 19.3. The number of aromatic nitrogens is 6. The number of imidazole rings is 1. The first-order valence-corrected chi connectivity index (χ1v) is 9.04. The molecule has 3 N–H and O–H groups in total. The number of rotatable bonds is 5. The molecular formula is C19H18N8O. The minimum atomic E-state index is -0.384. The highest BCUT2D eigenvalue weighted by Crippen LogP contribution is 2.33. The molecule has 1 aliphatic rings. The van der Waals surface area contributed by atoms with Crippen molar-refractivity contribution in [1.82, 2.24) is 30.6 Å². The monoisotopic (exact) mass is 374 g/mol. The zero-order valence-electron chi connectivity index (χ0n) is 15.1. The number of tetrazole rings is 1. The molecule has 28 heavy (non-hydrogen) atoms. The van der Waals surface area contributed by atoms with Gasteiger partial charge in [-0.3, -0.25) is 4.79 Å². The average molecular weight is 374 g/mol. The fourth-order valence-electron chi connectivity index (χ4n) is 3.27. The molecule has 2 aromatic heterocycles. The van der Waals surface area contributed by atoms with Gasteiger partial charge in [0.05, 0.1) is 6.20 Å². The summed E-state index contributed by atoms with van der Waals surface area (Å²) in [5.74, 6) is 0.334. The molecule has 0 radical (unpaired) electrons. The second kappa shape index (κ2) is 7.84. The molecule has 0 unspecified atom stereocenters. The molecule has 0 fully saturated rings. The smallest absolute Gasteiger partial charge is 0.291 e. The third kappa shape index (κ3) is 3.81. The number of allylic oxidation sites excluding steroid dienone is 2. The topological polar surface area (TPSA) is 136 Å². The maximum absolute atomic E-state index is 12.6. The predicted octanol–water partition coefficient (Wildman–Crippen LogP) is 2.59. The lowest BCUT2D eigenvalue weighted by Crippen LogP contribution is -2.15. The fourth-order valence-corrected chi connectivity index (χ4v) is 3.27. The highest BCUT2D eigenvalue weighted by Gasteiger charge is 2.17. The SMILES string of the molecule is N#Cc1cnc(C(=O)Nc2ccc(Cc3nn[nH]n3)cc2C2=CCCCC2)[nH]1. The first-order valence-electron chi connectivity index (χ1n) is 9.04. The number of benzene rings is 1. The Morgan fingerprint density at radius 2 is 2.25 bits per heavy atom. The molecule has 1 aliphatic carbocycles. The largest absolute Gasteiger partial charge is 0.326 e. The molecule has 0 saturated heterocycles. The fraction of sp³-hybridized carbons (Fsp3) is 0.263. The van der Waals surface area contributed by atoms with Crippen LogP contribution in [0.1, 0.15) is 58.9 Å². The van der Waals surface area contributed by atoms with E-state index in [2.05, 4.69) is 48.1 Å². The Hall–Kier alpha value is -3.80. The average Bonchev–Trinajstić information content (AvgIpc) is 3.41. The van der Waals surface area contributed by atoms with Gasteiger partial charge in [-0.05, 0) is 49.0 Å². The van der Waals surface area contributed by atoms with Crippen molar-refractivity contribution in [2.24, 2.45) is 0 Å². The molecule has 9 heteroatoms. The maximum atomic E-state index is 12.6. The number of anilines is 1. The summed E-state index contributed by atoms with van der Waals surface area (Å²) < 4.78 is 0. The van der Waals surface area contributed by atoms with E-state index in [1.54, 1.807) is 0 Å². The normalized spacial score (nSPS) is 13.6. The van der Waals surface area contributed by atoms with E-state index in [-0.39, 0.29) is 17.4 Å². The van der Waals surface area contributed by atoms with Crippen LogP contribution in [-0.4, -0.2) is 36.5 Å². The van der Waals surface area contributed by atoms with Crippen molar-refractivity contribution >= 4 is 17.2 Å². The van der Waals surface area contributed by atoms with Crippen molar-refractivity contribution < 1.29 is 4.79 Å². The molecule has 2 heterocycles. The van der Waals surface area contributed by atoms with Crippen molar-refractivity contribution in [1.29, 1.82) is 5.26 Å². The second-order valence-corrected chi connectivity index (χ2v) is 6.57. The van der Waals surface area contributed by atoms with Gasteiger partial charge in [0.25, 0.3) is 5.91 Å². The molecular weight excluding hydrogens is 356 g/mol. The number of carbonyl (C=O) groups excluding carboxylic acids is 1. The van der Waals surface area contributed by atoms with Crippen LogP contribution in [0.2, 0.25) is 0 Å². The summed E-state index contributed by atoms with van der Waals surface area (Å²) in [6.45, 7) is 0. The third-order valence-corrected chi connectivity index (χ3v) is 4.63. The molecule has 4 rings (SSSR count).